The Balaban J connectivity index is 1.96. The maximum absolute atomic E-state index is 12.5. The summed E-state index contributed by atoms with van der Waals surface area (Å²) in [6.07, 6.45) is 0. The molecule has 0 unspecified atom stereocenters. The smallest absolute Gasteiger partial charge is 0.321 e. The van der Waals surface area contributed by atoms with Gasteiger partial charge in [0.2, 0.25) is 0 Å². The number of amides is 1. The monoisotopic (exact) mass is 366 g/mol. The molecule has 7 nitrogen and oxygen atoms in total. The highest BCUT2D eigenvalue weighted by Gasteiger charge is 2.13. The van der Waals surface area contributed by atoms with Crippen molar-refractivity contribution in [3.8, 4) is 5.69 Å². The van der Waals surface area contributed by atoms with Crippen molar-refractivity contribution in [1.29, 1.82) is 0 Å². The van der Waals surface area contributed by atoms with E-state index in [2.05, 4.69) is 4.98 Å². The second-order valence-corrected chi connectivity index (χ2v) is 6.69. The molecule has 140 valence electrons. The lowest BCUT2D eigenvalue weighted by molar-refractivity contribution is 0.0786. The van der Waals surface area contributed by atoms with Crippen molar-refractivity contribution >= 4 is 16.9 Å². The number of hydrogen-bond donors (Lipinski definition) is 1. The van der Waals surface area contributed by atoms with Gasteiger partial charge in [0.05, 0.1) is 11.0 Å². The van der Waals surface area contributed by atoms with Crippen LogP contribution in [0.5, 0.6) is 0 Å². The van der Waals surface area contributed by atoms with Gasteiger partial charge in [-0.25, -0.2) is 0 Å². The molecule has 1 aromatic heterocycles. The number of H-pyrrole nitrogens is 1. The summed E-state index contributed by atoms with van der Waals surface area (Å²) < 4.78 is 1.36. The lowest BCUT2D eigenvalue weighted by Crippen LogP contribution is -2.35. The summed E-state index contributed by atoms with van der Waals surface area (Å²) in [7, 11) is 5.67. The number of likely N-dealkylation sites (N-methyl/N-ethyl adjacent to an activating group) is 2. The molecule has 0 aliphatic carbocycles. The Morgan fingerprint density at radius 2 is 1.63 bits per heavy atom. The summed E-state index contributed by atoms with van der Waals surface area (Å²) in [5.41, 5.74) is 0.903. The SMILES string of the molecule is CN(C)CCN(C)C(=O)c1ccc(-n2c(=O)c(=O)[nH]c3ccccc32)cc1. The van der Waals surface area contributed by atoms with Crippen LogP contribution in [-0.4, -0.2) is 59.5 Å². The predicted molar refractivity (Wildman–Crippen MR) is 106 cm³/mol. The van der Waals surface area contributed by atoms with E-state index in [4.69, 9.17) is 0 Å². The number of hydrogen-bond acceptors (Lipinski definition) is 4. The van der Waals surface area contributed by atoms with Crippen molar-refractivity contribution in [3.63, 3.8) is 0 Å². The molecule has 1 heterocycles. The van der Waals surface area contributed by atoms with Crippen molar-refractivity contribution in [2.24, 2.45) is 0 Å². The number of nitrogens with one attached hydrogen (secondary N) is 1. The average molecular weight is 366 g/mol. The van der Waals surface area contributed by atoms with E-state index >= 15 is 0 Å². The number of nitrogens with zero attached hydrogens (tertiary/aromatic N) is 3. The van der Waals surface area contributed by atoms with Crippen molar-refractivity contribution in [2.45, 2.75) is 0 Å². The van der Waals surface area contributed by atoms with Crippen molar-refractivity contribution in [1.82, 2.24) is 19.4 Å². The van der Waals surface area contributed by atoms with E-state index in [0.717, 1.165) is 6.54 Å². The first-order valence-electron chi connectivity index (χ1n) is 8.63. The van der Waals surface area contributed by atoms with E-state index in [9.17, 15) is 14.4 Å². The molecule has 1 N–H and O–H groups in total. The second-order valence-electron chi connectivity index (χ2n) is 6.69. The van der Waals surface area contributed by atoms with Gasteiger partial charge in [-0.05, 0) is 50.5 Å². The number of benzene rings is 2. The normalized spacial score (nSPS) is 11.1. The Labute approximate surface area is 156 Å². The van der Waals surface area contributed by atoms with Crippen molar-refractivity contribution in [2.75, 3.05) is 34.2 Å². The lowest BCUT2D eigenvalue weighted by atomic mass is 10.1. The average Bonchev–Trinajstić information content (AvgIpc) is 2.66. The third-order valence-electron chi connectivity index (χ3n) is 4.39. The summed E-state index contributed by atoms with van der Waals surface area (Å²) >= 11 is 0. The second kappa shape index (κ2) is 7.59. The molecule has 7 heteroatoms. The van der Waals surface area contributed by atoms with Crippen LogP contribution in [0.3, 0.4) is 0 Å². The van der Waals surface area contributed by atoms with E-state index in [1.165, 1.54) is 4.57 Å². The third kappa shape index (κ3) is 3.83. The van der Waals surface area contributed by atoms with Gasteiger partial charge in [0.1, 0.15) is 0 Å². The molecule has 0 atom stereocenters. The Morgan fingerprint density at radius 3 is 2.30 bits per heavy atom. The number of para-hydroxylation sites is 2. The molecule has 0 saturated heterocycles. The quantitative estimate of drug-likeness (QED) is 0.691. The highest BCUT2D eigenvalue weighted by molar-refractivity contribution is 5.94. The van der Waals surface area contributed by atoms with E-state index in [-0.39, 0.29) is 5.91 Å². The highest BCUT2D eigenvalue weighted by Crippen LogP contribution is 2.15. The van der Waals surface area contributed by atoms with Gasteiger partial charge in [0.15, 0.2) is 0 Å². The van der Waals surface area contributed by atoms with Crippen LogP contribution in [0.4, 0.5) is 0 Å². The first kappa shape index (κ1) is 18.6. The van der Waals surface area contributed by atoms with Gasteiger partial charge in [0.25, 0.3) is 5.91 Å². The molecule has 0 aliphatic rings. The molecule has 3 rings (SSSR count). The van der Waals surface area contributed by atoms with Crippen molar-refractivity contribution < 1.29 is 4.79 Å². The number of aromatic nitrogens is 2. The minimum atomic E-state index is -0.683. The number of rotatable bonds is 5. The van der Waals surface area contributed by atoms with Crippen LogP contribution in [0.1, 0.15) is 10.4 Å². The van der Waals surface area contributed by atoms with Crippen LogP contribution in [0, 0.1) is 0 Å². The zero-order valence-corrected chi connectivity index (χ0v) is 15.6. The van der Waals surface area contributed by atoms with Gasteiger partial charge < -0.3 is 14.8 Å². The van der Waals surface area contributed by atoms with Crippen LogP contribution < -0.4 is 11.1 Å². The van der Waals surface area contributed by atoms with Crippen LogP contribution in [0.15, 0.2) is 58.1 Å². The first-order chi connectivity index (χ1) is 12.9. The van der Waals surface area contributed by atoms with E-state index in [1.54, 1.807) is 60.5 Å². The van der Waals surface area contributed by atoms with Crippen LogP contribution in [0.2, 0.25) is 0 Å². The Kier molecular flexibility index (Phi) is 5.23. The molecule has 0 bridgehead atoms. The lowest BCUT2D eigenvalue weighted by Gasteiger charge is -2.20. The number of carbonyl (C=O) groups is 1. The van der Waals surface area contributed by atoms with Gasteiger partial charge in [0, 0.05) is 31.4 Å². The summed E-state index contributed by atoms with van der Waals surface area (Å²) in [4.78, 5) is 43.1. The van der Waals surface area contributed by atoms with Gasteiger partial charge in [-0.1, -0.05) is 12.1 Å². The zero-order valence-electron chi connectivity index (χ0n) is 15.6. The fourth-order valence-corrected chi connectivity index (χ4v) is 2.84. The Morgan fingerprint density at radius 1 is 0.963 bits per heavy atom. The first-order valence-corrected chi connectivity index (χ1v) is 8.63. The molecule has 0 fully saturated rings. The summed E-state index contributed by atoms with van der Waals surface area (Å²) in [5, 5.41) is 0. The van der Waals surface area contributed by atoms with Gasteiger partial charge in [-0.15, -0.1) is 0 Å². The molecule has 0 radical (unpaired) electrons. The molecule has 2 aromatic carbocycles. The minimum absolute atomic E-state index is 0.0912. The fraction of sp³-hybridized carbons (Fsp3) is 0.250. The maximum atomic E-state index is 12.5. The molecule has 27 heavy (non-hydrogen) atoms. The van der Waals surface area contributed by atoms with E-state index in [1.807, 2.05) is 19.0 Å². The summed E-state index contributed by atoms with van der Waals surface area (Å²) in [6.45, 7) is 1.39. The minimum Gasteiger partial charge on any atom is -0.340 e. The van der Waals surface area contributed by atoms with E-state index in [0.29, 0.717) is 28.8 Å². The Hall–Kier alpha value is -3.19. The molecule has 1 amide bonds. The predicted octanol–water partition coefficient (Wildman–Crippen LogP) is 1.31. The topological polar surface area (TPSA) is 78.4 Å². The van der Waals surface area contributed by atoms with Gasteiger partial charge >= 0.3 is 11.1 Å². The van der Waals surface area contributed by atoms with Crippen LogP contribution in [0.25, 0.3) is 16.7 Å². The molecule has 3 aromatic rings. The third-order valence-corrected chi connectivity index (χ3v) is 4.39. The number of fused-ring (bicyclic) bond motifs is 1. The molecular formula is C20H22N4O3. The van der Waals surface area contributed by atoms with Gasteiger partial charge in [-0.3, -0.25) is 19.0 Å². The largest absolute Gasteiger partial charge is 0.340 e. The van der Waals surface area contributed by atoms with Crippen molar-refractivity contribution in [3.05, 3.63) is 74.8 Å². The number of carbonyl (C=O) groups excluding carboxylic acids is 1. The molecule has 0 saturated carbocycles. The van der Waals surface area contributed by atoms with E-state index < -0.39 is 11.1 Å². The summed E-state index contributed by atoms with van der Waals surface area (Å²) in [5.74, 6) is -0.0912. The molecular weight excluding hydrogens is 344 g/mol. The standard InChI is InChI=1S/C20H22N4O3/c1-22(2)12-13-23(3)19(26)14-8-10-15(11-9-14)24-17-7-5-4-6-16(17)21-18(25)20(24)27/h4-11H,12-13H2,1-3H3,(H,21,25). The molecule has 0 spiro atoms. The Bertz CT molecular complexity index is 1080. The number of aromatic amines is 1. The van der Waals surface area contributed by atoms with Crippen LogP contribution >= 0.6 is 0 Å². The zero-order chi connectivity index (χ0) is 19.6. The fourth-order valence-electron chi connectivity index (χ4n) is 2.84. The van der Waals surface area contributed by atoms with Gasteiger partial charge in [-0.2, -0.15) is 0 Å². The summed E-state index contributed by atoms with van der Waals surface area (Å²) in [6, 6.07) is 13.8. The highest BCUT2D eigenvalue weighted by atomic mass is 16.2. The molecule has 0 aliphatic heterocycles. The van der Waals surface area contributed by atoms with Crippen LogP contribution in [-0.2, 0) is 0 Å². The maximum Gasteiger partial charge on any atom is 0.321 e.